The molecule has 0 radical (unpaired) electrons. The minimum absolute atomic E-state index is 0. The number of carbonyl (C=O) groups is 6. The summed E-state index contributed by atoms with van der Waals surface area (Å²) >= 11 is 0. The number of aliphatic carboxylic acids is 3. The molecule has 3 rings (SSSR count). The van der Waals surface area contributed by atoms with Crippen molar-refractivity contribution in [2.45, 2.75) is 56.7 Å². The topological polar surface area (TPSA) is 208 Å². The fourth-order valence-electron chi connectivity index (χ4n) is 2.37. The van der Waals surface area contributed by atoms with E-state index in [1.807, 2.05) is 0 Å². The van der Waals surface area contributed by atoms with E-state index in [0.717, 1.165) is 0 Å². The van der Waals surface area contributed by atoms with Crippen LogP contribution in [-0.2, 0) is 28.8 Å². The number of hydrogen-bond acceptors (Lipinski definition) is 9. The van der Waals surface area contributed by atoms with Gasteiger partial charge in [-0.05, 0) is 19.3 Å². The second kappa shape index (κ2) is 11.9. The van der Waals surface area contributed by atoms with E-state index >= 15 is 0 Å². The maximum absolute atomic E-state index is 10.4. The van der Waals surface area contributed by atoms with Gasteiger partial charge in [0.15, 0.2) is 0 Å². The zero-order valence-electron chi connectivity index (χ0n) is 14.7. The first-order valence-electron chi connectivity index (χ1n) is 8.10. The summed E-state index contributed by atoms with van der Waals surface area (Å²) < 4.78 is 0. The van der Waals surface area contributed by atoms with E-state index in [1.54, 1.807) is 0 Å². The SMILES string of the molecule is O=C1CCC(C(=O)[O-])N1.O=C1CCC(C(=O)[O-])N1.O=C1CCC(C(=O)[O-])N1.[Al+3]. The van der Waals surface area contributed by atoms with Crippen LogP contribution in [0.1, 0.15) is 38.5 Å². The van der Waals surface area contributed by atoms with Crippen molar-refractivity contribution in [3.63, 3.8) is 0 Å². The molecule has 3 amide bonds. The molecule has 28 heavy (non-hydrogen) atoms. The van der Waals surface area contributed by atoms with Crippen LogP contribution in [0.25, 0.3) is 0 Å². The largest absolute Gasteiger partial charge is 3.00 e. The quantitative estimate of drug-likeness (QED) is 0.377. The van der Waals surface area contributed by atoms with Crippen molar-refractivity contribution in [1.29, 1.82) is 0 Å². The molecule has 3 heterocycles. The van der Waals surface area contributed by atoms with Crippen molar-refractivity contribution >= 4 is 53.0 Å². The number of nitrogens with one attached hydrogen (secondary N) is 3. The second-order valence-electron chi connectivity index (χ2n) is 5.93. The molecule has 3 fully saturated rings. The molecular weight excluding hydrogens is 393 g/mol. The summed E-state index contributed by atoms with van der Waals surface area (Å²) in [6.07, 6.45) is 2.00. The van der Waals surface area contributed by atoms with Gasteiger partial charge in [-0.25, -0.2) is 0 Å². The van der Waals surface area contributed by atoms with Crippen LogP contribution in [0.3, 0.4) is 0 Å². The first-order chi connectivity index (χ1) is 12.6. The van der Waals surface area contributed by atoms with E-state index in [9.17, 15) is 44.1 Å². The molecule has 0 aromatic carbocycles. The predicted molar refractivity (Wildman–Crippen MR) is 84.3 cm³/mol. The van der Waals surface area contributed by atoms with E-state index in [1.165, 1.54) is 0 Å². The fourth-order valence-corrected chi connectivity index (χ4v) is 2.37. The minimum atomic E-state index is -1.19. The number of carboxylic acid groups (broad SMARTS) is 3. The normalized spacial score (nSPS) is 24.9. The Morgan fingerprint density at radius 3 is 0.893 bits per heavy atom. The van der Waals surface area contributed by atoms with Crippen molar-refractivity contribution in [2.75, 3.05) is 0 Å². The van der Waals surface area contributed by atoms with Crippen LogP contribution < -0.4 is 31.3 Å². The first-order valence-corrected chi connectivity index (χ1v) is 8.10. The van der Waals surface area contributed by atoms with Crippen molar-refractivity contribution in [2.24, 2.45) is 0 Å². The fraction of sp³-hybridized carbons (Fsp3) is 0.600. The van der Waals surface area contributed by atoms with Gasteiger partial charge >= 0.3 is 17.4 Å². The van der Waals surface area contributed by atoms with E-state index in [0.29, 0.717) is 38.5 Å². The third-order valence-corrected chi connectivity index (χ3v) is 3.84. The van der Waals surface area contributed by atoms with Gasteiger partial charge in [0.2, 0.25) is 17.7 Å². The average Bonchev–Trinajstić information content (AvgIpc) is 3.30. The van der Waals surface area contributed by atoms with Gasteiger partial charge in [0.05, 0.1) is 36.0 Å². The molecule has 3 unspecified atom stereocenters. The van der Waals surface area contributed by atoms with Crippen molar-refractivity contribution < 1.29 is 44.1 Å². The Balaban J connectivity index is 0.000000384. The summed E-state index contributed by atoms with van der Waals surface area (Å²) in [4.78, 5) is 61.1. The van der Waals surface area contributed by atoms with Crippen LogP contribution in [-0.4, -0.2) is 71.1 Å². The number of hydrogen-bond donors (Lipinski definition) is 3. The molecule has 0 bridgehead atoms. The number of rotatable bonds is 3. The van der Waals surface area contributed by atoms with Crippen LogP contribution in [0.5, 0.6) is 0 Å². The second-order valence-corrected chi connectivity index (χ2v) is 5.93. The van der Waals surface area contributed by atoms with Gasteiger partial charge in [0.1, 0.15) is 0 Å². The Labute approximate surface area is 170 Å². The third-order valence-electron chi connectivity index (χ3n) is 3.84. The van der Waals surface area contributed by atoms with Gasteiger partial charge in [0.25, 0.3) is 0 Å². The number of amides is 3. The Hall–Kier alpha value is -2.65. The summed E-state index contributed by atoms with van der Waals surface area (Å²) in [7, 11) is 0. The van der Waals surface area contributed by atoms with Crippen molar-refractivity contribution in [3.05, 3.63) is 0 Å². The average molecular weight is 411 g/mol. The van der Waals surface area contributed by atoms with Crippen LogP contribution >= 0.6 is 0 Å². The monoisotopic (exact) mass is 411 g/mol. The van der Waals surface area contributed by atoms with Gasteiger partial charge in [-0.2, -0.15) is 0 Å². The molecule has 0 saturated carbocycles. The maximum atomic E-state index is 10.4. The number of carboxylic acids is 3. The Bertz CT molecular complexity index is 555. The van der Waals surface area contributed by atoms with Crippen LogP contribution in [0.15, 0.2) is 0 Å². The molecule has 150 valence electrons. The van der Waals surface area contributed by atoms with E-state index < -0.39 is 36.0 Å². The molecular formula is C15H18AlN3O9. The van der Waals surface area contributed by atoms with Crippen LogP contribution in [0.2, 0.25) is 0 Å². The molecule has 0 spiro atoms. The molecule has 3 atom stereocenters. The molecule has 0 aliphatic carbocycles. The molecule has 12 nitrogen and oxygen atoms in total. The van der Waals surface area contributed by atoms with Gasteiger partial charge in [0, 0.05) is 19.3 Å². The minimum Gasteiger partial charge on any atom is -0.548 e. The molecule has 0 aromatic rings. The van der Waals surface area contributed by atoms with Gasteiger partial charge in [-0.1, -0.05) is 0 Å². The van der Waals surface area contributed by atoms with Gasteiger partial charge < -0.3 is 45.7 Å². The standard InChI is InChI=1S/3C5H7NO3.Al/c3*7-4-2-1-3(6-4)5(8)9;/h3*3H,1-2H2,(H,6,7)(H,8,9);/q;;;+3/p-3. The van der Waals surface area contributed by atoms with E-state index in [2.05, 4.69) is 16.0 Å². The van der Waals surface area contributed by atoms with Crippen LogP contribution in [0.4, 0.5) is 0 Å². The van der Waals surface area contributed by atoms with Gasteiger partial charge in [-0.15, -0.1) is 0 Å². The molecule has 3 N–H and O–H groups in total. The van der Waals surface area contributed by atoms with Crippen molar-refractivity contribution in [1.82, 2.24) is 16.0 Å². The summed E-state index contributed by atoms with van der Waals surface area (Å²) in [5.41, 5.74) is 0. The molecule has 3 aliphatic heterocycles. The first kappa shape index (κ1) is 25.4. The molecule has 0 aromatic heterocycles. The van der Waals surface area contributed by atoms with E-state index in [-0.39, 0.29) is 35.1 Å². The maximum Gasteiger partial charge on any atom is 3.00 e. The zero-order chi connectivity index (χ0) is 20.6. The smallest absolute Gasteiger partial charge is 0.548 e. The Morgan fingerprint density at radius 1 is 0.607 bits per heavy atom. The van der Waals surface area contributed by atoms with Gasteiger partial charge in [-0.3, -0.25) is 14.4 Å². The van der Waals surface area contributed by atoms with E-state index in [4.69, 9.17) is 0 Å². The Kier molecular flexibility index (Phi) is 10.8. The zero-order valence-corrected chi connectivity index (χ0v) is 15.9. The Morgan fingerprint density at radius 2 is 0.821 bits per heavy atom. The summed E-state index contributed by atoms with van der Waals surface area (Å²) in [6, 6.07) is -2.26. The summed E-state index contributed by atoms with van der Waals surface area (Å²) in [5.74, 6) is -4.19. The molecule has 3 aliphatic rings. The van der Waals surface area contributed by atoms with Crippen molar-refractivity contribution in [3.8, 4) is 0 Å². The summed E-state index contributed by atoms with van der Waals surface area (Å²) in [6.45, 7) is 0. The molecule has 13 heteroatoms. The predicted octanol–water partition coefficient (Wildman–Crippen LogP) is -6.34. The van der Waals surface area contributed by atoms with Crippen LogP contribution in [0, 0.1) is 0 Å². The number of carbonyl (C=O) groups excluding carboxylic acids is 6. The summed E-state index contributed by atoms with van der Waals surface area (Å²) in [5, 5.41) is 36.8. The molecule has 3 saturated heterocycles. The third kappa shape index (κ3) is 8.83.